The number of rotatable bonds is 8. The van der Waals surface area contributed by atoms with Gasteiger partial charge in [0, 0.05) is 6.07 Å². The molecule has 2 N–H and O–H groups in total. The van der Waals surface area contributed by atoms with Gasteiger partial charge in [-0.1, -0.05) is 6.07 Å². The standard InChI is InChI=1S/C26H32N2O4/c1-27(2,3)17-19-14-23(10-12-25(19)29)31-21-8-7-9-22(16-21)32-24-11-13-26(30)20(15-24)18-28(4,5)6/h7-16H,17-18H2,1-6H3/p+2. The van der Waals surface area contributed by atoms with Gasteiger partial charge in [-0.3, -0.25) is 0 Å². The fourth-order valence-electron chi connectivity index (χ4n) is 3.40. The van der Waals surface area contributed by atoms with Crippen LogP contribution >= 0.6 is 0 Å². The zero-order valence-corrected chi connectivity index (χ0v) is 19.8. The Morgan fingerprint density at radius 3 is 1.31 bits per heavy atom. The first-order valence-electron chi connectivity index (χ1n) is 10.6. The van der Waals surface area contributed by atoms with Gasteiger partial charge < -0.3 is 28.7 Å². The molecule has 0 aliphatic carbocycles. The van der Waals surface area contributed by atoms with E-state index in [1.54, 1.807) is 24.3 Å². The van der Waals surface area contributed by atoms with Crippen molar-refractivity contribution in [2.45, 2.75) is 13.1 Å². The molecular formula is C26H34N2O4+2. The molecule has 6 heteroatoms. The highest BCUT2D eigenvalue weighted by Gasteiger charge is 2.15. The summed E-state index contributed by atoms with van der Waals surface area (Å²) in [6.45, 7) is 1.37. The summed E-state index contributed by atoms with van der Waals surface area (Å²) in [5, 5.41) is 20.4. The zero-order valence-electron chi connectivity index (χ0n) is 19.8. The van der Waals surface area contributed by atoms with Gasteiger partial charge in [0.1, 0.15) is 47.6 Å². The van der Waals surface area contributed by atoms with Crippen molar-refractivity contribution in [3.8, 4) is 34.5 Å². The lowest BCUT2D eigenvalue weighted by Gasteiger charge is -2.24. The molecule has 6 nitrogen and oxygen atoms in total. The Hall–Kier alpha value is -3.22. The molecule has 0 aromatic heterocycles. The first kappa shape index (κ1) is 23.4. The molecule has 3 rings (SSSR count). The molecule has 0 amide bonds. The molecule has 0 bridgehead atoms. The number of quaternary nitrogens is 2. The Labute approximate surface area is 190 Å². The van der Waals surface area contributed by atoms with E-state index in [2.05, 4.69) is 42.3 Å². The third-order valence-corrected chi connectivity index (χ3v) is 4.67. The van der Waals surface area contributed by atoms with E-state index in [1.807, 2.05) is 36.4 Å². The van der Waals surface area contributed by atoms with Gasteiger partial charge in [0.25, 0.3) is 0 Å². The van der Waals surface area contributed by atoms with Gasteiger partial charge in [0.15, 0.2) is 0 Å². The monoisotopic (exact) mass is 438 g/mol. The lowest BCUT2D eigenvalue weighted by Crippen LogP contribution is -2.33. The highest BCUT2D eigenvalue weighted by Crippen LogP contribution is 2.33. The molecule has 0 saturated heterocycles. The van der Waals surface area contributed by atoms with Crippen LogP contribution in [0.25, 0.3) is 0 Å². The lowest BCUT2D eigenvalue weighted by atomic mass is 10.1. The van der Waals surface area contributed by atoms with Gasteiger partial charge in [-0.05, 0) is 48.5 Å². The fourth-order valence-corrected chi connectivity index (χ4v) is 3.40. The first-order chi connectivity index (χ1) is 14.9. The van der Waals surface area contributed by atoms with E-state index in [9.17, 15) is 10.2 Å². The van der Waals surface area contributed by atoms with Crippen molar-refractivity contribution in [2.75, 3.05) is 42.3 Å². The van der Waals surface area contributed by atoms with Gasteiger partial charge in [0.2, 0.25) is 0 Å². The van der Waals surface area contributed by atoms with E-state index in [0.717, 1.165) is 11.1 Å². The number of hydrogen-bond acceptors (Lipinski definition) is 4. The molecule has 0 unspecified atom stereocenters. The van der Waals surface area contributed by atoms with Gasteiger partial charge in [0.05, 0.1) is 53.4 Å². The topological polar surface area (TPSA) is 58.9 Å². The number of aromatic hydroxyl groups is 2. The Bertz CT molecular complexity index is 999. The van der Waals surface area contributed by atoms with Crippen LogP contribution in [0, 0.1) is 0 Å². The molecular weight excluding hydrogens is 404 g/mol. The molecule has 0 radical (unpaired) electrons. The second-order valence-corrected chi connectivity index (χ2v) is 10.2. The van der Waals surface area contributed by atoms with E-state index in [1.165, 1.54) is 0 Å². The first-order valence-corrected chi connectivity index (χ1v) is 10.6. The summed E-state index contributed by atoms with van der Waals surface area (Å²) in [6, 6.07) is 17.9. The molecule has 0 saturated carbocycles. The van der Waals surface area contributed by atoms with E-state index in [-0.39, 0.29) is 11.5 Å². The molecule has 3 aromatic rings. The van der Waals surface area contributed by atoms with Crippen LogP contribution < -0.4 is 9.47 Å². The van der Waals surface area contributed by atoms with Crippen molar-refractivity contribution in [1.82, 2.24) is 0 Å². The van der Waals surface area contributed by atoms with E-state index in [0.29, 0.717) is 45.1 Å². The quantitative estimate of drug-likeness (QED) is 0.481. The zero-order chi connectivity index (χ0) is 23.5. The maximum Gasteiger partial charge on any atom is 0.131 e. The SMILES string of the molecule is C[N+](C)(C)Cc1cc(Oc2cccc(Oc3ccc(O)c(C[N+](C)(C)C)c3)c2)ccc1O. The van der Waals surface area contributed by atoms with Crippen LogP contribution in [0.15, 0.2) is 60.7 Å². The van der Waals surface area contributed by atoms with Crippen LogP contribution in [-0.2, 0) is 13.1 Å². The molecule has 0 aliphatic rings. The average molecular weight is 439 g/mol. The summed E-state index contributed by atoms with van der Waals surface area (Å²) in [5.41, 5.74) is 1.66. The normalized spacial score (nSPS) is 11.9. The molecule has 170 valence electrons. The van der Waals surface area contributed by atoms with Crippen molar-refractivity contribution < 1.29 is 28.7 Å². The summed E-state index contributed by atoms with van der Waals surface area (Å²) in [6.07, 6.45) is 0. The average Bonchev–Trinajstić information content (AvgIpc) is 2.65. The largest absolute Gasteiger partial charge is 0.507 e. The second-order valence-electron chi connectivity index (χ2n) is 10.2. The second kappa shape index (κ2) is 9.10. The molecule has 0 aliphatic heterocycles. The van der Waals surface area contributed by atoms with Gasteiger partial charge >= 0.3 is 0 Å². The van der Waals surface area contributed by atoms with Crippen molar-refractivity contribution in [3.05, 3.63) is 71.8 Å². The molecule has 0 fully saturated rings. The summed E-state index contributed by atoms with van der Waals surface area (Å²) in [5.74, 6) is 3.10. The lowest BCUT2D eigenvalue weighted by molar-refractivity contribution is -0.884. The smallest absolute Gasteiger partial charge is 0.131 e. The third-order valence-electron chi connectivity index (χ3n) is 4.67. The van der Waals surface area contributed by atoms with Crippen LogP contribution in [0.2, 0.25) is 0 Å². The Morgan fingerprint density at radius 2 is 0.938 bits per heavy atom. The van der Waals surface area contributed by atoms with Crippen LogP contribution in [0.1, 0.15) is 11.1 Å². The van der Waals surface area contributed by atoms with Crippen LogP contribution in [0.3, 0.4) is 0 Å². The highest BCUT2D eigenvalue weighted by atomic mass is 16.5. The van der Waals surface area contributed by atoms with E-state index in [4.69, 9.17) is 9.47 Å². The summed E-state index contributed by atoms with van der Waals surface area (Å²) in [4.78, 5) is 0. The predicted octanol–water partition coefficient (Wildman–Crippen LogP) is 5.09. The van der Waals surface area contributed by atoms with E-state index >= 15 is 0 Å². The number of hydrogen-bond donors (Lipinski definition) is 2. The third kappa shape index (κ3) is 6.90. The molecule has 0 heterocycles. The number of phenols is 2. The summed E-state index contributed by atoms with van der Waals surface area (Å²) >= 11 is 0. The minimum Gasteiger partial charge on any atom is -0.507 e. The minimum atomic E-state index is 0.263. The van der Waals surface area contributed by atoms with Crippen LogP contribution in [-0.4, -0.2) is 61.5 Å². The van der Waals surface area contributed by atoms with Crippen molar-refractivity contribution in [2.24, 2.45) is 0 Å². The van der Waals surface area contributed by atoms with Crippen molar-refractivity contribution >= 4 is 0 Å². The Balaban J connectivity index is 1.77. The maximum absolute atomic E-state index is 10.2. The van der Waals surface area contributed by atoms with Gasteiger partial charge in [-0.2, -0.15) is 0 Å². The van der Waals surface area contributed by atoms with Gasteiger partial charge in [-0.25, -0.2) is 0 Å². The molecule has 0 atom stereocenters. The number of phenolic OH excluding ortho intramolecular Hbond substituents is 2. The van der Waals surface area contributed by atoms with Gasteiger partial charge in [-0.15, -0.1) is 0 Å². The van der Waals surface area contributed by atoms with Crippen molar-refractivity contribution in [3.63, 3.8) is 0 Å². The summed E-state index contributed by atoms with van der Waals surface area (Å²) < 4.78 is 13.5. The Morgan fingerprint density at radius 1 is 0.562 bits per heavy atom. The van der Waals surface area contributed by atoms with Crippen LogP contribution in [0.5, 0.6) is 34.5 Å². The number of ether oxygens (including phenoxy) is 2. The minimum absolute atomic E-state index is 0.263. The summed E-state index contributed by atoms with van der Waals surface area (Å²) in [7, 11) is 12.4. The molecule has 32 heavy (non-hydrogen) atoms. The van der Waals surface area contributed by atoms with Crippen LogP contribution in [0.4, 0.5) is 0 Å². The van der Waals surface area contributed by atoms with E-state index < -0.39 is 0 Å². The maximum atomic E-state index is 10.2. The van der Waals surface area contributed by atoms with Crippen molar-refractivity contribution in [1.29, 1.82) is 0 Å². The fraction of sp³-hybridized carbons (Fsp3) is 0.308. The molecule has 0 spiro atoms. The Kier molecular flexibility index (Phi) is 6.67. The number of benzene rings is 3. The highest BCUT2D eigenvalue weighted by molar-refractivity contribution is 5.44. The predicted molar refractivity (Wildman–Crippen MR) is 126 cm³/mol. The number of nitrogens with zero attached hydrogens (tertiary/aromatic N) is 2. The molecule has 3 aromatic carbocycles.